The van der Waals surface area contributed by atoms with Crippen LogP contribution in [0.25, 0.3) is 0 Å². The predicted molar refractivity (Wildman–Crippen MR) is 65.6 cm³/mol. The van der Waals surface area contributed by atoms with Crippen molar-refractivity contribution in [2.45, 2.75) is 19.3 Å². The molecule has 1 aliphatic rings. The Labute approximate surface area is 102 Å². The molecular formula is C13H17N3O. The molecule has 2 rings (SSSR count). The summed E-state index contributed by atoms with van der Waals surface area (Å²) in [6, 6.07) is 5.69. The van der Waals surface area contributed by atoms with Crippen molar-refractivity contribution in [2.75, 3.05) is 25.6 Å². The van der Waals surface area contributed by atoms with E-state index in [1.165, 1.54) is 12.8 Å². The zero-order chi connectivity index (χ0) is 12.1. The molecule has 0 atom stereocenters. The van der Waals surface area contributed by atoms with Gasteiger partial charge >= 0.3 is 0 Å². The number of ether oxygens (including phenoxy) is 1. The fraction of sp³-hybridized carbons (Fsp3) is 0.538. The minimum Gasteiger partial charge on any atom is -0.385 e. The smallest absolute Gasteiger partial charge is 0.125 e. The summed E-state index contributed by atoms with van der Waals surface area (Å²) in [4.78, 5) is 4.20. The fourth-order valence-electron chi connectivity index (χ4n) is 1.85. The molecule has 0 aromatic carbocycles. The van der Waals surface area contributed by atoms with E-state index >= 15 is 0 Å². The second kappa shape index (κ2) is 5.15. The van der Waals surface area contributed by atoms with Crippen molar-refractivity contribution < 1.29 is 4.74 Å². The van der Waals surface area contributed by atoms with Gasteiger partial charge in [-0.05, 0) is 36.8 Å². The molecule has 4 heteroatoms. The first-order valence-corrected chi connectivity index (χ1v) is 5.87. The van der Waals surface area contributed by atoms with Crippen LogP contribution in [0.1, 0.15) is 24.8 Å². The second-order valence-electron chi connectivity index (χ2n) is 4.64. The molecule has 1 aromatic rings. The maximum Gasteiger partial charge on any atom is 0.125 e. The summed E-state index contributed by atoms with van der Waals surface area (Å²) in [5.41, 5.74) is 1.00. The van der Waals surface area contributed by atoms with Gasteiger partial charge in [0.15, 0.2) is 0 Å². The van der Waals surface area contributed by atoms with E-state index < -0.39 is 0 Å². The van der Waals surface area contributed by atoms with Crippen LogP contribution < -0.4 is 5.32 Å². The monoisotopic (exact) mass is 231 g/mol. The number of nitriles is 1. The van der Waals surface area contributed by atoms with Crippen LogP contribution in [0.5, 0.6) is 0 Å². The predicted octanol–water partition coefficient (Wildman–Crippen LogP) is 2.18. The molecule has 17 heavy (non-hydrogen) atoms. The molecule has 0 aliphatic heterocycles. The highest BCUT2D eigenvalue weighted by molar-refractivity contribution is 5.39. The van der Waals surface area contributed by atoms with Gasteiger partial charge in [0.1, 0.15) is 11.9 Å². The third kappa shape index (κ3) is 3.18. The van der Waals surface area contributed by atoms with E-state index in [2.05, 4.69) is 16.4 Å². The maximum atomic E-state index is 8.67. The fourth-order valence-corrected chi connectivity index (χ4v) is 1.85. The van der Waals surface area contributed by atoms with Gasteiger partial charge in [-0.25, -0.2) is 4.98 Å². The van der Waals surface area contributed by atoms with Crippen molar-refractivity contribution in [2.24, 2.45) is 5.41 Å². The first-order chi connectivity index (χ1) is 8.28. The Kier molecular flexibility index (Phi) is 3.60. The van der Waals surface area contributed by atoms with Crippen molar-refractivity contribution in [3.05, 3.63) is 23.9 Å². The van der Waals surface area contributed by atoms with Gasteiger partial charge in [-0.3, -0.25) is 0 Å². The van der Waals surface area contributed by atoms with Crippen LogP contribution in [0, 0.1) is 16.7 Å². The Hall–Kier alpha value is -1.60. The zero-order valence-electron chi connectivity index (χ0n) is 10.1. The summed E-state index contributed by atoms with van der Waals surface area (Å²) in [7, 11) is 1.74. The Morgan fingerprint density at radius 1 is 1.53 bits per heavy atom. The number of pyridine rings is 1. The number of nitrogens with one attached hydrogen (secondary N) is 1. The molecule has 0 radical (unpaired) electrons. The molecule has 1 N–H and O–H groups in total. The number of rotatable bonds is 6. The normalized spacial score (nSPS) is 16.2. The van der Waals surface area contributed by atoms with Crippen LogP contribution >= 0.6 is 0 Å². The summed E-state index contributed by atoms with van der Waals surface area (Å²) >= 11 is 0. The van der Waals surface area contributed by atoms with Crippen molar-refractivity contribution in [1.82, 2.24) is 4.98 Å². The molecule has 4 nitrogen and oxygen atoms in total. The summed E-state index contributed by atoms with van der Waals surface area (Å²) in [6.07, 6.45) is 5.23. The lowest BCUT2D eigenvalue weighted by atomic mass is 10.0. The summed E-state index contributed by atoms with van der Waals surface area (Å²) in [5.74, 6) is 0.840. The maximum absolute atomic E-state index is 8.67. The van der Waals surface area contributed by atoms with Gasteiger partial charge in [-0.1, -0.05) is 0 Å². The lowest BCUT2D eigenvalue weighted by Gasteiger charge is -2.15. The van der Waals surface area contributed by atoms with E-state index in [9.17, 15) is 0 Å². The van der Waals surface area contributed by atoms with E-state index in [0.717, 1.165) is 25.4 Å². The van der Waals surface area contributed by atoms with E-state index in [1.807, 2.05) is 6.07 Å². The van der Waals surface area contributed by atoms with Crippen molar-refractivity contribution in [3.8, 4) is 6.07 Å². The highest BCUT2D eigenvalue weighted by Crippen LogP contribution is 2.48. The summed E-state index contributed by atoms with van der Waals surface area (Å²) in [6.45, 7) is 1.76. The number of aromatic nitrogens is 1. The highest BCUT2D eigenvalue weighted by atomic mass is 16.5. The van der Waals surface area contributed by atoms with Crippen LogP contribution in [-0.4, -0.2) is 25.2 Å². The third-order valence-corrected chi connectivity index (χ3v) is 3.33. The number of hydrogen-bond donors (Lipinski definition) is 1. The van der Waals surface area contributed by atoms with Crippen LogP contribution in [0.15, 0.2) is 18.3 Å². The quantitative estimate of drug-likeness (QED) is 0.815. The molecular weight excluding hydrogens is 214 g/mol. The molecule has 0 saturated heterocycles. The van der Waals surface area contributed by atoms with Crippen LogP contribution in [0.4, 0.5) is 5.82 Å². The van der Waals surface area contributed by atoms with E-state index in [0.29, 0.717) is 11.0 Å². The van der Waals surface area contributed by atoms with Crippen LogP contribution in [0.3, 0.4) is 0 Å². The third-order valence-electron chi connectivity index (χ3n) is 3.33. The average Bonchev–Trinajstić information content (AvgIpc) is 3.15. The molecule has 1 heterocycles. The van der Waals surface area contributed by atoms with Crippen LogP contribution in [-0.2, 0) is 4.74 Å². The molecule has 0 unspecified atom stereocenters. The number of methoxy groups -OCH3 is 1. The molecule has 0 spiro atoms. The molecule has 1 fully saturated rings. The standard InChI is InChI=1S/C13H17N3O/c1-17-7-6-13(4-5-13)10-16-12-3-2-11(8-14)9-15-12/h2-3,9H,4-7,10H2,1H3,(H,15,16). The van der Waals surface area contributed by atoms with Gasteiger partial charge in [0.25, 0.3) is 0 Å². The minimum atomic E-state index is 0.408. The van der Waals surface area contributed by atoms with E-state index in [4.69, 9.17) is 10.00 Å². The summed E-state index contributed by atoms with van der Waals surface area (Å²) < 4.78 is 5.12. The lowest BCUT2D eigenvalue weighted by Crippen LogP contribution is -2.17. The van der Waals surface area contributed by atoms with Gasteiger partial charge < -0.3 is 10.1 Å². The van der Waals surface area contributed by atoms with Gasteiger partial charge in [-0.2, -0.15) is 5.26 Å². The Balaban J connectivity index is 1.83. The van der Waals surface area contributed by atoms with E-state index in [1.54, 1.807) is 19.4 Å². The van der Waals surface area contributed by atoms with Crippen LogP contribution in [0.2, 0.25) is 0 Å². The SMILES string of the molecule is COCCC1(CNc2ccc(C#N)cn2)CC1. The summed E-state index contributed by atoms with van der Waals surface area (Å²) in [5, 5.41) is 12.0. The first kappa shape index (κ1) is 11.9. The number of nitrogens with zero attached hydrogens (tertiary/aromatic N) is 2. The first-order valence-electron chi connectivity index (χ1n) is 5.87. The lowest BCUT2D eigenvalue weighted by molar-refractivity contribution is 0.175. The van der Waals surface area contributed by atoms with E-state index in [-0.39, 0.29) is 0 Å². The zero-order valence-corrected chi connectivity index (χ0v) is 10.1. The highest BCUT2D eigenvalue weighted by Gasteiger charge is 2.41. The van der Waals surface area contributed by atoms with Gasteiger partial charge in [0, 0.05) is 26.5 Å². The molecule has 1 saturated carbocycles. The Morgan fingerprint density at radius 3 is 2.88 bits per heavy atom. The Morgan fingerprint density at radius 2 is 2.35 bits per heavy atom. The number of anilines is 1. The average molecular weight is 231 g/mol. The molecule has 0 amide bonds. The van der Waals surface area contributed by atoms with Gasteiger partial charge in [0.05, 0.1) is 5.56 Å². The van der Waals surface area contributed by atoms with Gasteiger partial charge in [0.2, 0.25) is 0 Å². The van der Waals surface area contributed by atoms with Crippen molar-refractivity contribution in [3.63, 3.8) is 0 Å². The van der Waals surface area contributed by atoms with Gasteiger partial charge in [-0.15, -0.1) is 0 Å². The molecule has 1 aromatic heterocycles. The second-order valence-corrected chi connectivity index (χ2v) is 4.64. The molecule has 1 aliphatic carbocycles. The molecule has 90 valence electrons. The largest absolute Gasteiger partial charge is 0.385 e. The Bertz CT molecular complexity index is 404. The topological polar surface area (TPSA) is 57.9 Å². The van der Waals surface area contributed by atoms with Crippen molar-refractivity contribution in [1.29, 1.82) is 5.26 Å². The molecule has 0 bridgehead atoms. The van der Waals surface area contributed by atoms with Crippen molar-refractivity contribution >= 4 is 5.82 Å². The number of hydrogen-bond acceptors (Lipinski definition) is 4. The minimum absolute atomic E-state index is 0.408.